The van der Waals surface area contributed by atoms with E-state index in [2.05, 4.69) is 0 Å². The van der Waals surface area contributed by atoms with Gasteiger partial charge >= 0.3 is 0 Å². The number of ketones is 1. The number of phenolic OH excluding ortho intramolecular Hbond substituents is 1. The van der Waals surface area contributed by atoms with Gasteiger partial charge in [0.1, 0.15) is 5.75 Å². The molecule has 0 heterocycles. The Kier molecular flexibility index (Phi) is 3.71. The Bertz CT molecular complexity index is 588. The van der Waals surface area contributed by atoms with Crippen LogP contribution < -0.4 is 9.47 Å². The van der Waals surface area contributed by atoms with Crippen molar-refractivity contribution in [2.45, 2.75) is 0 Å². The van der Waals surface area contributed by atoms with E-state index in [0.29, 0.717) is 22.6 Å². The van der Waals surface area contributed by atoms with Crippen LogP contribution in [-0.4, -0.2) is 25.1 Å². The number of aromatic hydroxyl groups is 1. The van der Waals surface area contributed by atoms with E-state index in [1.54, 1.807) is 30.3 Å². The smallest absolute Gasteiger partial charge is 0.196 e. The monoisotopic (exact) mass is 258 g/mol. The number of ether oxygens (including phenoxy) is 2. The number of para-hydroxylation sites is 1. The summed E-state index contributed by atoms with van der Waals surface area (Å²) in [5.41, 5.74) is 0.900. The number of hydrogen-bond donors (Lipinski definition) is 1. The predicted molar refractivity (Wildman–Crippen MR) is 71.1 cm³/mol. The summed E-state index contributed by atoms with van der Waals surface area (Å²) in [6, 6.07) is 11.2. The summed E-state index contributed by atoms with van der Waals surface area (Å²) >= 11 is 0. The van der Waals surface area contributed by atoms with Crippen molar-refractivity contribution in [3.63, 3.8) is 0 Å². The molecule has 0 aliphatic carbocycles. The molecule has 0 saturated carbocycles. The molecule has 4 heteroatoms. The molecule has 2 aromatic rings. The van der Waals surface area contributed by atoms with Crippen LogP contribution in [0.4, 0.5) is 0 Å². The maximum atomic E-state index is 12.4. The first-order valence-electron chi connectivity index (χ1n) is 5.72. The average molecular weight is 258 g/mol. The number of phenols is 1. The van der Waals surface area contributed by atoms with Crippen LogP contribution in [0.2, 0.25) is 0 Å². The molecule has 0 radical (unpaired) electrons. The highest BCUT2D eigenvalue weighted by molar-refractivity contribution is 6.11. The number of carbonyl (C=O) groups is 1. The molecule has 1 N–H and O–H groups in total. The number of carbonyl (C=O) groups excluding carboxylic acids is 1. The first kappa shape index (κ1) is 13.0. The summed E-state index contributed by atoms with van der Waals surface area (Å²) < 4.78 is 10.4. The third-order valence-electron chi connectivity index (χ3n) is 2.78. The van der Waals surface area contributed by atoms with Gasteiger partial charge in [0.2, 0.25) is 0 Å². The molecule has 19 heavy (non-hydrogen) atoms. The minimum absolute atomic E-state index is 0.120. The fourth-order valence-electron chi connectivity index (χ4n) is 1.83. The van der Waals surface area contributed by atoms with Crippen molar-refractivity contribution in [3.05, 3.63) is 53.6 Å². The van der Waals surface area contributed by atoms with Gasteiger partial charge in [-0.05, 0) is 36.4 Å². The molecule has 0 aliphatic heterocycles. The van der Waals surface area contributed by atoms with E-state index in [-0.39, 0.29) is 11.5 Å². The summed E-state index contributed by atoms with van der Waals surface area (Å²) in [7, 11) is 3.01. The molecule has 4 nitrogen and oxygen atoms in total. The van der Waals surface area contributed by atoms with Crippen LogP contribution in [0.3, 0.4) is 0 Å². The molecule has 98 valence electrons. The van der Waals surface area contributed by atoms with Crippen molar-refractivity contribution in [1.82, 2.24) is 0 Å². The lowest BCUT2D eigenvalue weighted by Gasteiger charge is -2.11. The largest absolute Gasteiger partial charge is 0.508 e. The maximum absolute atomic E-state index is 12.4. The molecule has 0 amide bonds. The summed E-state index contributed by atoms with van der Waals surface area (Å²) in [5.74, 6) is 0.847. The molecule has 0 saturated heterocycles. The van der Waals surface area contributed by atoms with E-state index in [0.717, 1.165) is 0 Å². The Hall–Kier alpha value is -2.49. The maximum Gasteiger partial charge on any atom is 0.196 e. The molecule has 2 rings (SSSR count). The van der Waals surface area contributed by atoms with Gasteiger partial charge in [-0.25, -0.2) is 0 Å². The second kappa shape index (κ2) is 5.44. The predicted octanol–water partition coefficient (Wildman–Crippen LogP) is 2.64. The van der Waals surface area contributed by atoms with Crippen LogP contribution in [0.5, 0.6) is 17.2 Å². The lowest BCUT2D eigenvalue weighted by atomic mass is 10.0. The Labute approximate surface area is 111 Å². The van der Waals surface area contributed by atoms with Crippen LogP contribution in [0, 0.1) is 0 Å². The number of methoxy groups -OCH3 is 2. The van der Waals surface area contributed by atoms with Gasteiger partial charge in [-0.15, -0.1) is 0 Å². The lowest BCUT2D eigenvalue weighted by Crippen LogP contribution is -2.05. The number of rotatable bonds is 4. The van der Waals surface area contributed by atoms with Gasteiger partial charge in [0.05, 0.1) is 19.8 Å². The van der Waals surface area contributed by atoms with Gasteiger partial charge in [0, 0.05) is 5.56 Å². The van der Waals surface area contributed by atoms with Crippen LogP contribution in [0.15, 0.2) is 42.5 Å². The highest BCUT2D eigenvalue weighted by Gasteiger charge is 2.17. The van der Waals surface area contributed by atoms with E-state index in [1.165, 1.54) is 26.4 Å². The molecule has 0 unspecified atom stereocenters. The summed E-state index contributed by atoms with van der Waals surface area (Å²) in [5, 5.41) is 9.24. The molecule has 0 aromatic heterocycles. The molecule has 2 aromatic carbocycles. The van der Waals surface area contributed by atoms with Crippen LogP contribution in [0.1, 0.15) is 15.9 Å². The molecular formula is C15H14O4. The van der Waals surface area contributed by atoms with Crippen LogP contribution in [0.25, 0.3) is 0 Å². The summed E-state index contributed by atoms with van der Waals surface area (Å²) in [6.07, 6.45) is 0. The van der Waals surface area contributed by atoms with Crippen LogP contribution >= 0.6 is 0 Å². The molecule has 0 aliphatic rings. The second-order valence-corrected chi connectivity index (χ2v) is 3.92. The molecule has 0 bridgehead atoms. The van der Waals surface area contributed by atoms with Crippen molar-refractivity contribution in [1.29, 1.82) is 0 Å². The van der Waals surface area contributed by atoms with E-state index in [1.807, 2.05) is 0 Å². The molecule has 0 fully saturated rings. The molecular weight excluding hydrogens is 244 g/mol. The van der Waals surface area contributed by atoms with Gasteiger partial charge in [0.25, 0.3) is 0 Å². The van der Waals surface area contributed by atoms with E-state index in [9.17, 15) is 9.90 Å². The van der Waals surface area contributed by atoms with Gasteiger partial charge in [-0.1, -0.05) is 6.07 Å². The van der Waals surface area contributed by atoms with Crippen molar-refractivity contribution < 1.29 is 19.4 Å². The molecule has 0 spiro atoms. The topological polar surface area (TPSA) is 55.8 Å². The zero-order valence-corrected chi connectivity index (χ0v) is 10.7. The third-order valence-corrected chi connectivity index (χ3v) is 2.78. The van der Waals surface area contributed by atoms with Gasteiger partial charge in [-0.3, -0.25) is 4.79 Å². The Balaban J connectivity index is 2.46. The lowest BCUT2D eigenvalue weighted by molar-refractivity contribution is 0.103. The minimum Gasteiger partial charge on any atom is -0.508 e. The van der Waals surface area contributed by atoms with Crippen molar-refractivity contribution in [2.75, 3.05) is 14.2 Å². The van der Waals surface area contributed by atoms with E-state index >= 15 is 0 Å². The fourth-order valence-corrected chi connectivity index (χ4v) is 1.83. The number of benzene rings is 2. The quantitative estimate of drug-likeness (QED) is 0.856. The van der Waals surface area contributed by atoms with Crippen molar-refractivity contribution >= 4 is 5.78 Å². The highest BCUT2D eigenvalue weighted by Crippen LogP contribution is 2.32. The molecule has 0 atom stereocenters. The van der Waals surface area contributed by atoms with Gasteiger partial charge in [0.15, 0.2) is 17.3 Å². The third kappa shape index (κ3) is 2.52. The number of hydrogen-bond acceptors (Lipinski definition) is 4. The fraction of sp³-hybridized carbons (Fsp3) is 0.133. The Morgan fingerprint density at radius 2 is 1.68 bits per heavy atom. The van der Waals surface area contributed by atoms with E-state index in [4.69, 9.17) is 9.47 Å². The first-order valence-corrected chi connectivity index (χ1v) is 5.72. The standard InChI is InChI=1S/C15H14O4/c1-18-13-5-3-4-12(15(13)19-2)14(17)10-6-8-11(16)9-7-10/h3-9,16H,1-2H3. The van der Waals surface area contributed by atoms with Crippen molar-refractivity contribution in [2.24, 2.45) is 0 Å². The van der Waals surface area contributed by atoms with Gasteiger partial charge < -0.3 is 14.6 Å². The average Bonchev–Trinajstić information content (AvgIpc) is 2.46. The Morgan fingerprint density at radius 3 is 2.26 bits per heavy atom. The summed E-state index contributed by atoms with van der Waals surface area (Å²) in [4.78, 5) is 12.4. The zero-order valence-electron chi connectivity index (χ0n) is 10.7. The second-order valence-electron chi connectivity index (χ2n) is 3.92. The highest BCUT2D eigenvalue weighted by atomic mass is 16.5. The van der Waals surface area contributed by atoms with Crippen LogP contribution in [-0.2, 0) is 0 Å². The minimum atomic E-state index is -0.184. The normalized spacial score (nSPS) is 10.0. The Morgan fingerprint density at radius 1 is 1.00 bits per heavy atom. The van der Waals surface area contributed by atoms with Gasteiger partial charge in [-0.2, -0.15) is 0 Å². The first-order chi connectivity index (χ1) is 9.17. The van der Waals surface area contributed by atoms with E-state index < -0.39 is 0 Å². The zero-order chi connectivity index (χ0) is 13.8. The summed E-state index contributed by atoms with van der Waals surface area (Å²) in [6.45, 7) is 0. The SMILES string of the molecule is COc1cccc(C(=O)c2ccc(O)cc2)c1OC. The van der Waals surface area contributed by atoms with Crippen molar-refractivity contribution in [3.8, 4) is 17.2 Å².